The number of nitrogens with zero attached hydrogens (tertiary/aromatic N) is 3. The average Bonchev–Trinajstić information content (AvgIpc) is 3.24. The van der Waals surface area contributed by atoms with Crippen LogP contribution >= 0.6 is 11.6 Å². The average molecular weight is 828 g/mol. The molecule has 0 bridgehead atoms. The van der Waals surface area contributed by atoms with E-state index >= 15 is 0 Å². The SMILES string of the molecule is COc1ccc(C(=O)COc2cc(C(=O)N3CCCCC3)ccc2NC(=O)CCN(CCNc2cc(C)nc3ccc(Cl)cc23)S(=O)(=O)c2ccc(OC)cc2)cc1. The van der Waals surface area contributed by atoms with Gasteiger partial charge in [0.05, 0.1) is 30.3 Å². The molecule has 0 atom stereocenters. The van der Waals surface area contributed by atoms with Gasteiger partial charge in [-0.1, -0.05) is 11.6 Å². The van der Waals surface area contributed by atoms with Crippen molar-refractivity contribution in [3.05, 3.63) is 113 Å². The Balaban J connectivity index is 1.20. The van der Waals surface area contributed by atoms with Gasteiger partial charge < -0.3 is 29.7 Å². The van der Waals surface area contributed by atoms with E-state index in [1.807, 2.05) is 19.1 Å². The largest absolute Gasteiger partial charge is 0.497 e. The second-order valence-electron chi connectivity index (χ2n) is 13.8. The summed E-state index contributed by atoms with van der Waals surface area (Å²) in [5.41, 5.74) is 3.24. The van der Waals surface area contributed by atoms with E-state index < -0.39 is 15.9 Å². The Morgan fingerprint density at radius 3 is 2.17 bits per heavy atom. The number of nitrogens with one attached hydrogen (secondary N) is 2. The monoisotopic (exact) mass is 827 g/mol. The fourth-order valence-electron chi connectivity index (χ4n) is 6.64. The summed E-state index contributed by atoms with van der Waals surface area (Å²) in [5, 5.41) is 7.48. The molecule has 0 spiro atoms. The van der Waals surface area contributed by atoms with Gasteiger partial charge in [-0.3, -0.25) is 19.4 Å². The van der Waals surface area contributed by atoms with Crippen molar-refractivity contribution in [2.24, 2.45) is 0 Å². The summed E-state index contributed by atoms with van der Waals surface area (Å²) >= 11 is 6.29. The number of carbonyl (C=O) groups is 3. The van der Waals surface area contributed by atoms with Crippen molar-refractivity contribution in [3.8, 4) is 17.2 Å². The number of piperidine rings is 1. The van der Waals surface area contributed by atoms with Gasteiger partial charge in [0, 0.05) is 72.1 Å². The van der Waals surface area contributed by atoms with E-state index in [4.69, 9.17) is 25.8 Å². The minimum atomic E-state index is -4.08. The number of sulfonamides is 1. The number of methoxy groups -OCH3 is 2. The number of hydrogen-bond acceptors (Lipinski definition) is 10. The summed E-state index contributed by atoms with van der Waals surface area (Å²) in [6.07, 6.45) is 2.66. The summed E-state index contributed by atoms with van der Waals surface area (Å²) < 4.78 is 45.7. The van der Waals surface area contributed by atoms with Crippen LogP contribution in [0.4, 0.5) is 11.4 Å². The lowest BCUT2D eigenvalue weighted by molar-refractivity contribution is -0.116. The first-order chi connectivity index (χ1) is 27.9. The number of likely N-dealkylation sites (tertiary alicyclic amines) is 1. The van der Waals surface area contributed by atoms with Crippen LogP contribution in [-0.4, -0.2) is 93.8 Å². The number of rotatable bonds is 17. The van der Waals surface area contributed by atoms with E-state index in [1.165, 1.54) is 36.7 Å². The maximum atomic E-state index is 14.0. The lowest BCUT2D eigenvalue weighted by Gasteiger charge is -2.27. The molecule has 0 saturated carbocycles. The van der Waals surface area contributed by atoms with Crippen LogP contribution in [0.5, 0.6) is 17.2 Å². The van der Waals surface area contributed by atoms with Crippen molar-refractivity contribution in [1.29, 1.82) is 0 Å². The lowest BCUT2D eigenvalue weighted by Crippen LogP contribution is -2.37. The third-order valence-electron chi connectivity index (χ3n) is 9.78. The molecule has 0 aliphatic carbocycles. The van der Waals surface area contributed by atoms with Gasteiger partial charge in [0.1, 0.15) is 17.2 Å². The second-order valence-corrected chi connectivity index (χ2v) is 16.2. The Morgan fingerprint density at radius 1 is 0.810 bits per heavy atom. The highest BCUT2D eigenvalue weighted by Gasteiger charge is 2.26. The van der Waals surface area contributed by atoms with Crippen molar-refractivity contribution in [2.75, 3.05) is 64.2 Å². The molecule has 0 unspecified atom stereocenters. The van der Waals surface area contributed by atoms with Crippen LogP contribution in [0, 0.1) is 6.92 Å². The van der Waals surface area contributed by atoms with E-state index in [9.17, 15) is 22.8 Å². The molecule has 2 amide bonds. The number of aromatic nitrogens is 1. The Bertz CT molecular complexity index is 2370. The number of Topliss-reactive ketones (excluding diaryl/α,β-unsaturated/α-hetero) is 1. The summed E-state index contributed by atoms with van der Waals surface area (Å²) in [7, 11) is -1.05. The number of benzene rings is 4. The maximum absolute atomic E-state index is 14.0. The van der Waals surface area contributed by atoms with Crippen LogP contribution in [0.1, 0.15) is 52.1 Å². The number of fused-ring (bicyclic) bond motifs is 1. The molecule has 0 radical (unpaired) electrons. The van der Waals surface area contributed by atoms with Crippen molar-refractivity contribution in [2.45, 2.75) is 37.5 Å². The summed E-state index contributed by atoms with van der Waals surface area (Å²) in [4.78, 5) is 46.5. The lowest BCUT2D eigenvalue weighted by atomic mass is 10.1. The number of halogens is 1. The molecule has 1 aliphatic heterocycles. The Morgan fingerprint density at radius 2 is 1.48 bits per heavy atom. The molecule has 4 aromatic carbocycles. The van der Waals surface area contributed by atoms with Crippen LogP contribution in [-0.2, 0) is 14.8 Å². The number of anilines is 2. The van der Waals surface area contributed by atoms with Gasteiger partial charge >= 0.3 is 0 Å². The Labute approximate surface area is 343 Å². The predicted octanol–water partition coefficient (Wildman–Crippen LogP) is 7.23. The Hall–Kier alpha value is -5.70. The third-order valence-corrected chi connectivity index (χ3v) is 11.9. The first-order valence-corrected chi connectivity index (χ1v) is 20.7. The topological polar surface area (TPSA) is 156 Å². The van der Waals surface area contributed by atoms with Crippen molar-refractivity contribution in [3.63, 3.8) is 0 Å². The molecule has 13 nitrogen and oxygen atoms in total. The van der Waals surface area contributed by atoms with Crippen LogP contribution in [0.3, 0.4) is 0 Å². The van der Waals surface area contributed by atoms with Gasteiger partial charge in [-0.15, -0.1) is 0 Å². The third kappa shape index (κ3) is 10.4. The number of carbonyl (C=O) groups excluding carboxylic acids is 3. The molecule has 58 heavy (non-hydrogen) atoms. The molecule has 1 fully saturated rings. The van der Waals surface area contributed by atoms with Crippen molar-refractivity contribution >= 4 is 61.5 Å². The van der Waals surface area contributed by atoms with Crippen molar-refractivity contribution < 1.29 is 37.0 Å². The van der Waals surface area contributed by atoms with Gasteiger partial charge in [-0.05, 0) is 117 Å². The standard InChI is InChI=1S/C43H46ClN5O8S/c1-29-25-39(36-27-32(44)10-18-37(36)46-29)45-20-24-49(58(53,54)35-15-13-34(56-3)14-16-35)23-19-42(51)47-38-17-9-31(43(52)48-21-5-4-6-22-48)26-41(38)57-28-40(50)30-7-11-33(55-2)12-8-30/h7-18,25-27H,4-6,19-24,28H2,1-3H3,(H,45,46)(H,47,51). The first kappa shape index (κ1) is 41.9. The van der Waals surface area contributed by atoms with E-state index in [0.29, 0.717) is 40.7 Å². The quantitative estimate of drug-likeness (QED) is 0.0917. The van der Waals surface area contributed by atoms with Gasteiger partial charge in [0.2, 0.25) is 15.9 Å². The van der Waals surface area contributed by atoms with Crippen LogP contribution in [0.25, 0.3) is 10.9 Å². The molecule has 1 aliphatic rings. The minimum Gasteiger partial charge on any atom is -0.497 e. The molecule has 5 aromatic rings. The zero-order chi connectivity index (χ0) is 41.2. The molecule has 1 aromatic heterocycles. The zero-order valence-electron chi connectivity index (χ0n) is 32.6. The van der Waals surface area contributed by atoms with Gasteiger partial charge in [0.15, 0.2) is 12.4 Å². The normalized spacial score (nSPS) is 12.9. The van der Waals surface area contributed by atoms with Gasteiger partial charge in [0.25, 0.3) is 5.91 Å². The zero-order valence-corrected chi connectivity index (χ0v) is 34.2. The predicted molar refractivity (Wildman–Crippen MR) is 224 cm³/mol. The number of ketones is 1. The molecule has 1 saturated heterocycles. The smallest absolute Gasteiger partial charge is 0.253 e. The molecule has 2 heterocycles. The number of amides is 2. The number of pyridine rings is 1. The molecule has 304 valence electrons. The van der Waals surface area contributed by atoms with E-state index in [0.717, 1.165) is 41.5 Å². The fraction of sp³-hybridized carbons (Fsp3) is 0.302. The maximum Gasteiger partial charge on any atom is 0.253 e. The second kappa shape index (κ2) is 19.2. The highest BCUT2D eigenvalue weighted by Crippen LogP contribution is 2.29. The minimum absolute atomic E-state index is 0.0141. The first-order valence-electron chi connectivity index (χ1n) is 18.9. The summed E-state index contributed by atoms with van der Waals surface area (Å²) in [6, 6.07) is 24.6. The molecule has 15 heteroatoms. The molecular weight excluding hydrogens is 782 g/mol. The number of aryl methyl sites for hydroxylation is 1. The molecule has 2 N–H and O–H groups in total. The fourth-order valence-corrected chi connectivity index (χ4v) is 8.25. The van der Waals surface area contributed by atoms with E-state index in [-0.39, 0.29) is 60.7 Å². The summed E-state index contributed by atoms with van der Waals surface area (Å²) in [5.74, 6) is 0.228. The van der Waals surface area contributed by atoms with Crippen LogP contribution in [0.15, 0.2) is 95.9 Å². The molecular formula is C43H46ClN5O8S. The van der Waals surface area contributed by atoms with Gasteiger partial charge in [-0.2, -0.15) is 4.31 Å². The van der Waals surface area contributed by atoms with Crippen LogP contribution < -0.4 is 24.8 Å². The highest BCUT2D eigenvalue weighted by molar-refractivity contribution is 7.89. The Kier molecular flexibility index (Phi) is 13.9. The van der Waals surface area contributed by atoms with Crippen molar-refractivity contribution in [1.82, 2.24) is 14.2 Å². The number of ether oxygens (including phenoxy) is 3. The van der Waals surface area contributed by atoms with Gasteiger partial charge in [-0.25, -0.2) is 8.42 Å². The number of hydrogen-bond donors (Lipinski definition) is 2. The summed E-state index contributed by atoms with van der Waals surface area (Å²) in [6.45, 7) is 2.84. The highest BCUT2D eigenvalue weighted by atomic mass is 35.5. The molecule has 6 rings (SSSR count). The van der Waals surface area contributed by atoms with E-state index in [2.05, 4.69) is 15.6 Å². The van der Waals surface area contributed by atoms with Crippen LogP contribution in [0.2, 0.25) is 5.02 Å². The van der Waals surface area contributed by atoms with E-state index in [1.54, 1.807) is 65.6 Å².